The van der Waals surface area contributed by atoms with E-state index in [4.69, 9.17) is 11.5 Å². The van der Waals surface area contributed by atoms with Gasteiger partial charge in [0.15, 0.2) is 0 Å². The van der Waals surface area contributed by atoms with E-state index in [1.54, 1.807) is 12.1 Å². The summed E-state index contributed by atoms with van der Waals surface area (Å²) < 4.78 is 0. The van der Waals surface area contributed by atoms with Crippen LogP contribution in [0.25, 0.3) is 0 Å². The fraction of sp³-hybridized carbons (Fsp3) is 0.267. The lowest BCUT2D eigenvalue weighted by Crippen LogP contribution is -2.57. The van der Waals surface area contributed by atoms with Gasteiger partial charge in [0, 0.05) is 12.8 Å². The molecule has 40 heavy (non-hydrogen) atoms. The van der Waals surface area contributed by atoms with E-state index in [1.807, 2.05) is 60.7 Å². The first-order valence-electron chi connectivity index (χ1n) is 12.9. The minimum Gasteiger partial charge on any atom is -0.508 e. The van der Waals surface area contributed by atoms with Crippen LogP contribution < -0.4 is 27.4 Å². The summed E-state index contributed by atoms with van der Waals surface area (Å²) in [5, 5.41) is 17.4. The molecule has 8 N–H and O–H groups in total. The average molecular weight is 546 g/mol. The third-order valence-corrected chi connectivity index (χ3v) is 6.34. The largest absolute Gasteiger partial charge is 0.508 e. The summed E-state index contributed by atoms with van der Waals surface area (Å²) in [4.78, 5) is 51.1. The standard InChI is InChI=1S/C30H35N5O5/c1-19(33-29(39)24(31)16-22-12-14-23(36)15-13-22)28(38)35-26(18-21-10-6-3-7-11-21)30(40)34-25(27(32)37)17-20-8-4-2-5-9-20/h2-15,19,24-26,36H,16-18,31H2,1H3,(H2,32,37)(H,33,39)(H,34,40)(H,35,38). The van der Waals surface area contributed by atoms with Crippen molar-refractivity contribution in [2.24, 2.45) is 11.5 Å². The topological polar surface area (TPSA) is 177 Å². The lowest BCUT2D eigenvalue weighted by Gasteiger charge is -2.24. The van der Waals surface area contributed by atoms with Gasteiger partial charge >= 0.3 is 0 Å². The molecule has 0 saturated heterocycles. The lowest BCUT2D eigenvalue weighted by atomic mass is 10.0. The Bertz CT molecular complexity index is 1280. The Kier molecular flexibility index (Phi) is 10.8. The molecule has 0 saturated carbocycles. The number of phenolic OH excluding ortho intramolecular Hbond substituents is 1. The molecular weight excluding hydrogens is 510 g/mol. The van der Waals surface area contributed by atoms with Crippen LogP contribution in [0, 0.1) is 0 Å². The monoisotopic (exact) mass is 545 g/mol. The minimum atomic E-state index is -1.04. The van der Waals surface area contributed by atoms with Gasteiger partial charge in [0.1, 0.15) is 23.9 Å². The van der Waals surface area contributed by atoms with Gasteiger partial charge in [-0.05, 0) is 42.2 Å². The molecular formula is C30H35N5O5. The molecule has 4 unspecified atom stereocenters. The van der Waals surface area contributed by atoms with Crippen molar-refractivity contribution in [2.75, 3.05) is 0 Å². The Morgan fingerprint density at radius 3 is 1.65 bits per heavy atom. The molecule has 3 rings (SSSR count). The first kappa shape index (κ1) is 29.9. The van der Waals surface area contributed by atoms with Crippen LogP contribution in [0.2, 0.25) is 0 Å². The number of nitrogens with one attached hydrogen (secondary N) is 3. The fourth-order valence-electron chi connectivity index (χ4n) is 4.07. The van der Waals surface area contributed by atoms with Crippen molar-refractivity contribution in [1.82, 2.24) is 16.0 Å². The number of carbonyl (C=O) groups excluding carboxylic acids is 4. The Morgan fingerprint density at radius 2 is 1.12 bits per heavy atom. The molecule has 3 aromatic carbocycles. The second-order valence-corrected chi connectivity index (χ2v) is 9.61. The number of amides is 4. The van der Waals surface area contributed by atoms with Crippen LogP contribution in [0.1, 0.15) is 23.6 Å². The predicted octanol–water partition coefficient (Wildman–Crippen LogP) is 0.707. The second kappa shape index (κ2) is 14.5. The number of hydrogen-bond donors (Lipinski definition) is 6. The summed E-state index contributed by atoms with van der Waals surface area (Å²) in [5.41, 5.74) is 13.9. The summed E-state index contributed by atoms with van der Waals surface area (Å²) >= 11 is 0. The number of nitrogens with two attached hydrogens (primary N) is 2. The van der Waals surface area contributed by atoms with E-state index in [-0.39, 0.29) is 25.0 Å². The van der Waals surface area contributed by atoms with E-state index in [9.17, 15) is 24.3 Å². The molecule has 0 aliphatic carbocycles. The van der Waals surface area contributed by atoms with Gasteiger partial charge < -0.3 is 32.5 Å². The molecule has 0 spiro atoms. The number of aromatic hydroxyl groups is 1. The maximum atomic E-state index is 13.3. The first-order chi connectivity index (χ1) is 19.1. The molecule has 0 aromatic heterocycles. The van der Waals surface area contributed by atoms with E-state index >= 15 is 0 Å². The van der Waals surface area contributed by atoms with Crippen LogP contribution in [0.15, 0.2) is 84.9 Å². The number of carbonyl (C=O) groups is 4. The van der Waals surface area contributed by atoms with Crippen LogP contribution in [-0.4, -0.2) is 52.9 Å². The van der Waals surface area contributed by atoms with E-state index in [0.29, 0.717) is 0 Å². The smallest absolute Gasteiger partial charge is 0.243 e. The van der Waals surface area contributed by atoms with Gasteiger partial charge in [0.25, 0.3) is 0 Å². The molecule has 3 aromatic rings. The summed E-state index contributed by atoms with van der Waals surface area (Å²) in [5.74, 6) is -2.33. The molecule has 0 fully saturated rings. The van der Waals surface area contributed by atoms with E-state index in [1.165, 1.54) is 19.1 Å². The van der Waals surface area contributed by atoms with Crippen LogP contribution in [0.3, 0.4) is 0 Å². The molecule has 210 valence electrons. The van der Waals surface area contributed by atoms with Crippen molar-refractivity contribution >= 4 is 23.6 Å². The molecule has 0 bridgehead atoms. The Balaban J connectivity index is 1.66. The Hall–Kier alpha value is -4.70. The third kappa shape index (κ3) is 9.25. The van der Waals surface area contributed by atoms with Crippen molar-refractivity contribution in [1.29, 1.82) is 0 Å². The zero-order valence-corrected chi connectivity index (χ0v) is 22.2. The summed E-state index contributed by atoms with van der Waals surface area (Å²) in [6.45, 7) is 1.49. The highest BCUT2D eigenvalue weighted by Gasteiger charge is 2.28. The predicted molar refractivity (Wildman–Crippen MR) is 151 cm³/mol. The highest BCUT2D eigenvalue weighted by molar-refractivity contribution is 5.94. The van der Waals surface area contributed by atoms with E-state index < -0.39 is 47.8 Å². The van der Waals surface area contributed by atoms with Crippen molar-refractivity contribution in [2.45, 2.75) is 50.4 Å². The van der Waals surface area contributed by atoms with Gasteiger partial charge in [-0.15, -0.1) is 0 Å². The maximum Gasteiger partial charge on any atom is 0.243 e. The molecule has 10 nitrogen and oxygen atoms in total. The van der Waals surface area contributed by atoms with Crippen LogP contribution in [-0.2, 0) is 38.4 Å². The fourth-order valence-corrected chi connectivity index (χ4v) is 4.07. The molecule has 4 atom stereocenters. The minimum absolute atomic E-state index is 0.100. The highest BCUT2D eigenvalue weighted by Crippen LogP contribution is 2.11. The second-order valence-electron chi connectivity index (χ2n) is 9.61. The zero-order valence-electron chi connectivity index (χ0n) is 22.2. The third-order valence-electron chi connectivity index (χ3n) is 6.34. The van der Waals surface area contributed by atoms with Crippen LogP contribution >= 0.6 is 0 Å². The molecule has 4 amide bonds. The number of phenols is 1. The number of benzene rings is 3. The number of hydrogen-bond acceptors (Lipinski definition) is 6. The van der Waals surface area contributed by atoms with Crippen molar-refractivity contribution in [3.05, 3.63) is 102 Å². The zero-order chi connectivity index (χ0) is 29.1. The molecule has 0 aliphatic heterocycles. The van der Waals surface area contributed by atoms with Gasteiger partial charge in [-0.2, -0.15) is 0 Å². The quantitative estimate of drug-likeness (QED) is 0.184. The summed E-state index contributed by atoms with van der Waals surface area (Å²) in [6.07, 6.45) is 0.547. The SMILES string of the molecule is CC(NC(=O)C(N)Cc1ccc(O)cc1)C(=O)NC(Cc1ccccc1)C(=O)NC(Cc1ccccc1)C(N)=O. The average Bonchev–Trinajstić information content (AvgIpc) is 2.94. The van der Waals surface area contributed by atoms with Crippen LogP contribution in [0.5, 0.6) is 5.75 Å². The van der Waals surface area contributed by atoms with Crippen molar-refractivity contribution in [3.63, 3.8) is 0 Å². The Labute approximate surface area is 233 Å². The Morgan fingerprint density at radius 1 is 0.650 bits per heavy atom. The number of primary amides is 1. The van der Waals surface area contributed by atoms with Gasteiger partial charge in [-0.1, -0.05) is 72.8 Å². The summed E-state index contributed by atoms with van der Waals surface area (Å²) in [6, 6.07) is 20.5. The van der Waals surface area contributed by atoms with Gasteiger partial charge in [-0.3, -0.25) is 19.2 Å². The van der Waals surface area contributed by atoms with Crippen LogP contribution in [0.4, 0.5) is 0 Å². The van der Waals surface area contributed by atoms with Crippen molar-refractivity contribution < 1.29 is 24.3 Å². The van der Waals surface area contributed by atoms with E-state index in [2.05, 4.69) is 16.0 Å². The van der Waals surface area contributed by atoms with Crippen molar-refractivity contribution in [3.8, 4) is 5.75 Å². The maximum absolute atomic E-state index is 13.3. The highest BCUT2D eigenvalue weighted by atomic mass is 16.3. The normalized spacial score (nSPS) is 13.8. The number of rotatable bonds is 13. The molecule has 0 heterocycles. The van der Waals surface area contributed by atoms with Gasteiger partial charge in [0.05, 0.1) is 6.04 Å². The first-order valence-corrected chi connectivity index (χ1v) is 12.9. The lowest BCUT2D eigenvalue weighted by molar-refractivity contribution is -0.133. The molecule has 0 radical (unpaired) electrons. The summed E-state index contributed by atoms with van der Waals surface area (Å²) in [7, 11) is 0. The molecule has 0 aliphatic rings. The van der Waals surface area contributed by atoms with Gasteiger partial charge in [-0.25, -0.2) is 0 Å². The molecule has 10 heteroatoms. The van der Waals surface area contributed by atoms with E-state index in [0.717, 1.165) is 16.7 Å². The van der Waals surface area contributed by atoms with Gasteiger partial charge in [0.2, 0.25) is 23.6 Å².